The molecule has 7 N–H and O–H groups in total. The third-order valence-electron chi connectivity index (χ3n) is 7.84. The van der Waals surface area contributed by atoms with Gasteiger partial charge in [0, 0.05) is 5.41 Å². The first-order valence-electron chi connectivity index (χ1n) is 13.2. The van der Waals surface area contributed by atoms with Crippen molar-refractivity contribution in [2.75, 3.05) is 6.61 Å². The minimum atomic E-state index is -2.96. The van der Waals surface area contributed by atoms with Crippen LogP contribution in [0.5, 0.6) is 0 Å². The van der Waals surface area contributed by atoms with Crippen LogP contribution in [0.2, 0.25) is 0 Å². The largest absolute Gasteiger partial charge is 0.448 e. The van der Waals surface area contributed by atoms with E-state index in [1.807, 2.05) is 30.3 Å². The second-order valence-corrected chi connectivity index (χ2v) is 10.9. The molecule has 1 aliphatic carbocycles. The highest BCUT2D eigenvalue weighted by molar-refractivity contribution is 5.93. The maximum Gasteiger partial charge on any atom is 0.424 e. The summed E-state index contributed by atoms with van der Waals surface area (Å²) in [7, 11) is 0. The molecule has 2 aromatic rings. The van der Waals surface area contributed by atoms with Gasteiger partial charge in [-0.05, 0) is 56.1 Å². The number of aryl methyl sites for hydroxylation is 1. The van der Waals surface area contributed by atoms with Gasteiger partial charge < -0.3 is 25.8 Å². The average Bonchev–Trinajstić information content (AvgIpc) is 3.19. The number of unbranched alkanes of at least 4 members (excludes halogenated alkanes) is 1. The lowest BCUT2D eigenvalue weighted by Gasteiger charge is -2.43. The number of nitrogens with two attached hydrogens (primary N) is 2. The van der Waals surface area contributed by atoms with Crippen molar-refractivity contribution in [3.8, 4) is 0 Å². The van der Waals surface area contributed by atoms with E-state index in [2.05, 4.69) is 0 Å². The van der Waals surface area contributed by atoms with Crippen molar-refractivity contribution in [1.82, 2.24) is 5.01 Å². The quantitative estimate of drug-likeness (QED) is 0.0925. The minimum Gasteiger partial charge on any atom is -0.448 e. The van der Waals surface area contributed by atoms with Gasteiger partial charge in [-0.15, -0.1) is 0 Å². The molecule has 1 aliphatic rings. The Labute approximate surface area is 224 Å². The Morgan fingerprint density at radius 2 is 1.58 bits per heavy atom. The molecular weight excluding hydrogens is 486 g/mol. The first-order valence-corrected chi connectivity index (χ1v) is 13.2. The maximum atomic E-state index is 13.4. The van der Waals surface area contributed by atoms with E-state index in [4.69, 9.17) is 16.3 Å². The lowest BCUT2D eigenvalue weighted by molar-refractivity contribution is -0.222. The molecule has 38 heavy (non-hydrogen) atoms. The normalized spacial score (nSPS) is 20.5. The lowest BCUT2D eigenvalue weighted by atomic mass is 9.71. The molecule has 0 radical (unpaired) electrons. The smallest absolute Gasteiger partial charge is 0.424 e. The van der Waals surface area contributed by atoms with E-state index in [0.29, 0.717) is 29.8 Å². The van der Waals surface area contributed by atoms with Gasteiger partial charge in [-0.3, -0.25) is 4.79 Å². The van der Waals surface area contributed by atoms with Crippen LogP contribution in [0, 0.1) is 5.41 Å². The molecule has 3 atom stereocenters. The molecule has 1 saturated carbocycles. The summed E-state index contributed by atoms with van der Waals surface area (Å²) in [6, 6.07) is 15.2. The molecule has 1 amide bonds. The fourth-order valence-corrected chi connectivity index (χ4v) is 5.17. The molecule has 3 rings (SSSR count). The second kappa shape index (κ2) is 12.4. The first kappa shape index (κ1) is 29.7. The fraction of sp³-hybridized carbons (Fsp3) is 0.517. The van der Waals surface area contributed by atoms with Gasteiger partial charge in [0.15, 0.2) is 5.78 Å². The fourth-order valence-electron chi connectivity index (χ4n) is 5.17. The highest BCUT2D eigenvalue weighted by Crippen LogP contribution is 2.47. The summed E-state index contributed by atoms with van der Waals surface area (Å²) >= 11 is 0. The summed E-state index contributed by atoms with van der Waals surface area (Å²) in [6.45, 7) is 3.57. The van der Waals surface area contributed by atoms with Crippen LogP contribution in [-0.2, 0) is 22.4 Å². The Bertz CT molecular complexity index is 1060. The summed E-state index contributed by atoms with van der Waals surface area (Å²) in [5.74, 6) is 2.23. The SMILES string of the molecule is CC1(C)CCCC1(O)C(=O)C(N)C(O)(O)C(Cc1ccccc1)N(N)C(=O)OCCCCc1ccccc1. The molecule has 0 heterocycles. The van der Waals surface area contributed by atoms with Gasteiger partial charge in [-0.25, -0.2) is 15.6 Å². The summed E-state index contributed by atoms with van der Waals surface area (Å²) in [5.41, 5.74) is 5.31. The summed E-state index contributed by atoms with van der Waals surface area (Å²) in [4.78, 5) is 26.2. The van der Waals surface area contributed by atoms with Gasteiger partial charge in [0.1, 0.15) is 17.7 Å². The molecule has 0 aliphatic heterocycles. The molecular formula is C29H41N3O6. The standard InChI is InChI=1S/C29H41N3O6/c1-27(2)17-11-18-28(27,35)25(33)24(30)29(36,37)23(20-22-15-7-4-8-16-22)32(31)26(34)38-19-10-9-14-21-12-5-3-6-13-21/h3-8,12-13,15-16,23-24,35-37H,9-11,14,17-20,30-31H2,1-2H3. The van der Waals surface area contributed by atoms with Crippen LogP contribution in [0.4, 0.5) is 4.79 Å². The summed E-state index contributed by atoms with van der Waals surface area (Å²) < 4.78 is 5.31. The minimum absolute atomic E-state index is 0.0835. The number of hydrazine groups is 1. The molecule has 0 spiro atoms. The topological polar surface area (TPSA) is 159 Å². The maximum absolute atomic E-state index is 13.4. The zero-order valence-electron chi connectivity index (χ0n) is 22.3. The number of carbonyl (C=O) groups is 2. The number of ether oxygens (including phenoxy) is 1. The van der Waals surface area contributed by atoms with Crippen molar-refractivity contribution in [3.63, 3.8) is 0 Å². The predicted molar refractivity (Wildman–Crippen MR) is 143 cm³/mol. The van der Waals surface area contributed by atoms with Crippen LogP contribution in [0.3, 0.4) is 0 Å². The number of nitrogens with zero attached hydrogens (tertiary/aromatic N) is 1. The Balaban J connectivity index is 1.72. The molecule has 0 aromatic heterocycles. The number of rotatable bonds is 12. The number of hydrogen-bond donors (Lipinski definition) is 5. The third-order valence-corrected chi connectivity index (χ3v) is 7.84. The molecule has 0 bridgehead atoms. The van der Waals surface area contributed by atoms with Crippen LogP contribution in [0.25, 0.3) is 0 Å². The summed E-state index contributed by atoms with van der Waals surface area (Å²) in [5, 5.41) is 34.3. The van der Waals surface area contributed by atoms with Crippen molar-refractivity contribution < 1.29 is 29.6 Å². The number of aliphatic hydroxyl groups is 3. The molecule has 1 fully saturated rings. The van der Waals surface area contributed by atoms with Gasteiger partial charge >= 0.3 is 6.09 Å². The number of amides is 1. The number of carbonyl (C=O) groups excluding carboxylic acids is 2. The Morgan fingerprint density at radius 3 is 2.13 bits per heavy atom. The van der Waals surface area contributed by atoms with Gasteiger partial charge in [-0.2, -0.15) is 0 Å². The van der Waals surface area contributed by atoms with Crippen molar-refractivity contribution in [3.05, 3.63) is 71.8 Å². The van der Waals surface area contributed by atoms with Gasteiger partial charge in [0.2, 0.25) is 5.79 Å². The van der Waals surface area contributed by atoms with Crippen LogP contribution in [-0.4, -0.2) is 62.3 Å². The third kappa shape index (κ3) is 6.59. The lowest BCUT2D eigenvalue weighted by Crippen LogP contribution is -2.70. The van der Waals surface area contributed by atoms with Crippen LogP contribution >= 0.6 is 0 Å². The van der Waals surface area contributed by atoms with Gasteiger partial charge in [0.25, 0.3) is 0 Å². The Hall–Kier alpha value is -2.82. The monoisotopic (exact) mass is 527 g/mol. The summed E-state index contributed by atoms with van der Waals surface area (Å²) in [6.07, 6.45) is 2.44. The van der Waals surface area contributed by atoms with Crippen LogP contribution < -0.4 is 11.6 Å². The number of hydrogen-bond acceptors (Lipinski definition) is 8. The van der Waals surface area contributed by atoms with E-state index in [1.165, 1.54) is 5.56 Å². The highest BCUT2D eigenvalue weighted by Gasteiger charge is 2.59. The molecule has 208 valence electrons. The number of Topliss-reactive ketones (excluding diaryl/α,β-unsaturated/α-hetero) is 1. The zero-order chi connectivity index (χ0) is 28.0. The van der Waals surface area contributed by atoms with E-state index < -0.39 is 40.8 Å². The van der Waals surface area contributed by atoms with Gasteiger partial charge in [0.05, 0.1) is 6.61 Å². The van der Waals surface area contributed by atoms with E-state index in [1.54, 1.807) is 44.2 Å². The zero-order valence-corrected chi connectivity index (χ0v) is 22.3. The van der Waals surface area contributed by atoms with E-state index in [-0.39, 0.29) is 19.4 Å². The van der Waals surface area contributed by atoms with E-state index in [9.17, 15) is 24.9 Å². The van der Waals surface area contributed by atoms with Crippen molar-refractivity contribution >= 4 is 11.9 Å². The average molecular weight is 528 g/mol. The van der Waals surface area contributed by atoms with Crippen LogP contribution in [0.15, 0.2) is 60.7 Å². The highest BCUT2D eigenvalue weighted by atomic mass is 16.6. The Kier molecular flexibility index (Phi) is 9.67. The van der Waals surface area contributed by atoms with Crippen molar-refractivity contribution in [1.29, 1.82) is 0 Å². The van der Waals surface area contributed by atoms with Crippen molar-refractivity contribution in [2.45, 2.75) is 82.3 Å². The number of ketones is 1. The second-order valence-electron chi connectivity index (χ2n) is 10.9. The molecule has 0 saturated heterocycles. The predicted octanol–water partition coefficient (Wildman–Crippen LogP) is 2.45. The Morgan fingerprint density at radius 1 is 1.00 bits per heavy atom. The molecule has 3 unspecified atom stereocenters. The van der Waals surface area contributed by atoms with Crippen molar-refractivity contribution in [2.24, 2.45) is 17.0 Å². The molecule has 9 heteroatoms. The molecule has 9 nitrogen and oxygen atoms in total. The molecule has 2 aromatic carbocycles. The van der Waals surface area contributed by atoms with Crippen LogP contribution in [0.1, 0.15) is 57.1 Å². The van der Waals surface area contributed by atoms with E-state index in [0.717, 1.165) is 12.8 Å². The first-order chi connectivity index (χ1) is 17.9. The van der Waals surface area contributed by atoms with Gasteiger partial charge in [-0.1, -0.05) is 74.5 Å². The van der Waals surface area contributed by atoms with E-state index >= 15 is 0 Å². The number of benzene rings is 2.